The molecule has 0 bridgehead atoms. The Bertz CT molecular complexity index is 789. The number of fused-ring (bicyclic) bond motifs is 1. The zero-order valence-electron chi connectivity index (χ0n) is 10.8. The third-order valence-electron chi connectivity index (χ3n) is 3.18. The molecule has 20 heavy (non-hydrogen) atoms. The number of aryl methyl sites for hydroxylation is 1. The first kappa shape index (κ1) is 12.3. The molecule has 3 aromatic rings. The van der Waals surface area contributed by atoms with Crippen LogP contribution < -0.4 is 10.4 Å². The van der Waals surface area contributed by atoms with Crippen LogP contribution in [0.1, 0.15) is 15.9 Å². The summed E-state index contributed by atoms with van der Waals surface area (Å²) in [5.74, 6) is -1.06. The molecular formula is C16H12NO3-. The normalized spacial score (nSPS) is 10.7. The Morgan fingerprint density at radius 2 is 1.80 bits per heavy atom. The number of hydrogen-bond acceptors (Lipinski definition) is 3. The third-order valence-corrected chi connectivity index (χ3v) is 3.18. The quantitative estimate of drug-likeness (QED) is 0.775. The van der Waals surface area contributed by atoms with Crippen molar-refractivity contribution in [2.75, 3.05) is 5.32 Å². The maximum absolute atomic E-state index is 12.3. The zero-order valence-corrected chi connectivity index (χ0v) is 10.8. The maximum Gasteiger partial charge on any atom is 0.258 e. The molecule has 2 aromatic carbocycles. The van der Waals surface area contributed by atoms with E-state index in [1.54, 1.807) is 30.3 Å². The molecule has 0 aliphatic rings. The molecule has 0 atom stereocenters. The van der Waals surface area contributed by atoms with Gasteiger partial charge in [-0.1, -0.05) is 36.4 Å². The summed E-state index contributed by atoms with van der Waals surface area (Å²) in [5.41, 5.74) is 2.08. The summed E-state index contributed by atoms with van der Waals surface area (Å²) in [5, 5.41) is 15.1. The van der Waals surface area contributed by atoms with E-state index < -0.39 is 11.9 Å². The van der Waals surface area contributed by atoms with Gasteiger partial charge in [-0.15, -0.1) is 0 Å². The molecule has 0 saturated heterocycles. The lowest BCUT2D eigenvalue weighted by molar-refractivity contribution is -0.293. The Labute approximate surface area is 115 Å². The third kappa shape index (κ3) is 2.01. The Morgan fingerprint density at radius 1 is 1.10 bits per heavy atom. The summed E-state index contributed by atoms with van der Waals surface area (Å²) in [4.78, 5) is 12.3. The Kier molecular flexibility index (Phi) is 2.91. The van der Waals surface area contributed by atoms with Crippen molar-refractivity contribution in [2.24, 2.45) is 0 Å². The minimum absolute atomic E-state index is 0.0452. The summed E-state index contributed by atoms with van der Waals surface area (Å²) in [6.07, 6.45) is 0. The highest BCUT2D eigenvalue weighted by atomic mass is 16.5. The average Bonchev–Trinajstić information content (AvgIpc) is 2.77. The van der Waals surface area contributed by atoms with Crippen LogP contribution in [-0.4, -0.2) is 5.91 Å². The number of amides is 1. The van der Waals surface area contributed by atoms with E-state index in [1.807, 2.05) is 25.1 Å². The molecule has 0 fully saturated rings. The molecule has 0 spiro atoms. The van der Waals surface area contributed by atoms with Gasteiger partial charge in [-0.2, -0.15) is 0 Å². The first-order chi connectivity index (χ1) is 9.66. The van der Waals surface area contributed by atoms with E-state index in [0.29, 0.717) is 16.7 Å². The van der Waals surface area contributed by atoms with Crippen LogP contribution in [0.3, 0.4) is 0 Å². The van der Waals surface area contributed by atoms with Crippen LogP contribution in [0.4, 0.5) is 5.69 Å². The predicted molar refractivity (Wildman–Crippen MR) is 74.8 cm³/mol. The number of anilines is 1. The number of rotatable bonds is 2. The summed E-state index contributed by atoms with van der Waals surface area (Å²) >= 11 is 0. The molecule has 0 unspecified atom stereocenters. The van der Waals surface area contributed by atoms with Gasteiger partial charge in [0, 0.05) is 16.7 Å². The standard InChI is InChI=1S/C16H13NO3/c1-10-6-2-4-8-12(10)17-15(18)14-11-7-3-5-9-13(11)20-16(14)19/h2-9,19H,1H3,(H,17,18)/p-1. The SMILES string of the molecule is Cc1ccccc1NC(=O)c1c([O-])oc2ccccc12. The molecule has 100 valence electrons. The second-order valence-corrected chi connectivity index (χ2v) is 4.53. The van der Waals surface area contributed by atoms with Crippen LogP contribution in [0.5, 0.6) is 5.95 Å². The van der Waals surface area contributed by atoms with Gasteiger partial charge in [0.25, 0.3) is 5.91 Å². The number of furan rings is 1. The fraction of sp³-hybridized carbons (Fsp3) is 0.0625. The summed E-state index contributed by atoms with van der Waals surface area (Å²) in [6, 6.07) is 14.3. The van der Waals surface area contributed by atoms with Crippen molar-refractivity contribution in [1.29, 1.82) is 0 Å². The number of carbonyl (C=O) groups is 1. The summed E-state index contributed by atoms with van der Waals surface area (Å²) in [7, 11) is 0. The molecule has 3 rings (SSSR count). The highest BCUT2D eigenvalue weighted by Gasteiger charge is 2.14. The topological polar surface area (TPSA) is 65.3 Å². The van der Waals surface area contributed by atoms with Crippen molar-refractivity contribution < 1.29 is 14.3 Å². The van der Waals surface area contributed by atoms with Gasteiger partial charge in [-0.05, 0) is 24.6 Å². The van der Waals surface area contributed by atoms with Crippen LogP contribution in [0, 0.1) is 6.92 Å². The largest absolute Gasteiger partial charge is 0.578 e. The molecule has 1 aromatic heterocycles. The van der Waals surface area contributed by atoms with Crippen LogP contribution in [0.15, 0.2) is 52.9 Å². The minimum Gasteiger partial charge on any atom is -0.578 e. The van der Waals surface area contributed by atoms with Crippen LogP contribution in [-0.2, 0) is 0 Å². The fourth-order valence-electron chi connectivity index (χ4n) is 2.14. The number of nitrogens with one attached hydrogen (secondary N) is 1. The molecule has 0 aliphatic carbocycles. The minimum atomic E-state index is -0.614. The van der Waals surface area contributed by atoms with Gasteiger partial charge in [0.05, 0.1) is 11.5 Å². The average molecular weight is 266 g/mol. The number of hydrogen-bond donors (Lipinski definition) is 1. The van der Waals surface area contributed by atoms with Crippen LogP contribution in [0.2, 0.25) is 0 Å². The highest BCUT2D eigenvalue weighted by Crippen LogP contribution is 2.29. The molecule has 1 N–H and O–H groups in total. The summed E-state index contributed by atoms with van der Waals surface area (Å²) in [6.45, 7) is 1.89. The molecule has 0 saturated carbocycles. The Balaban J connectivity index is 2.01. The first-order valence-electron chi connectivity index (χ1n) is 6.22. The lowest BCUT2D eigenvalue weighted by atomic mass is 10.1. The number of benzene rings is 2. The number of para-hydroxylation sites is 2. The molecule has 4 nitrogen and oxygen atoms in total. The lowest BCUT2D eigenvalue weighted by Crippen LogP contribution is -2.14. The highest BCUT2D eigenvalue weighted by molar-refractivity contribution is 6.14. The van der Waals surface area contributed by atoms with Crippen molar-refractivity contribution >= 4 is 22.6 Å². The maximum atomic E-state index is 12.3. The van der Waals surface area contributed by atoms with E-state index in [4.69, 9.17) is 4.42 Å². The van der Waals surface area contributed by atoms with Gasteiger partial charge in [-0.3, -0.25) is 4.79 Å². The van der Waals surface area contributed by atoms with Crippen molar-refractivity contribution in [3.8, 4) is 5.95 Å². The molecule has 0 aliphatic heterocycles. The van der Waals surface area contributed by atoms with E-state index in [-0.39, 0.29) is 5.56 Å². The van der Waals surface area contributed by atoms with E-state index in [9.17, 15) is 9.90 Å². The second-order valence-electron chi connectivity index (χ2n) is 4.53. The van der Waals surface area contributed by atoms with E-state index >= 15 is 0 Å². The zero-order chi connectivity index (χ0) is 14.1. The second kappa shape index (κ2) is 4.74. The number of carbonyl (C=O) groups excluding carboxylic acids is 1. The van der Waals surface area contributed by atoms with Crippen molar-refractivity contribution in [1.82, 2.24) is 0 Å². The molecule has 1 amide bonds. The van der Waals surface area contributed by atoms with E-state index in [1.165, 1.54) is 0 Å². The van der Waals surface area contributed by atoms with Crippen LogP contribution >= 0.6 is 0 Å². The lowest BCUT2D eigenvalue weighted by Gasteiger charge is -2.08. The van der Waals surface area contributed by atoms with Crippen molar-refractivity contribution in [2.45, 2.75) is 6.92 Å². The first-order valence-corrected chi connectivity index (χ1v) is 6.22. The van der Waals surface area contributed by atoms with E-state index in [2.05, 4.69) is 5.32 Å². The summed E-state index contributed by atoms with van der Waals surface area (Å²) < 4.78 is 5.07. The van der Waals surface area contributed by atoms with Crippen molar-refractivity contribution in [3.05, 3.63) is 59.7 Å². The van der Waals surface area contributed by atoms with Gasteiger partial charge in [0.1, 0.15) is 0 Å². The van der Waals surface area contributed by atoms with Crippen LogP contribution in [0.25, 0.3) is 11.0 Å². The smallest absolute Gasteiger partial charge is 0.258 e. The van der Waals surface area contributed by atoms with E-state index in [0.717, 1.165) is 5.56 Å². The molecule has 4 heteroatoms. The van der Waals surface area contributed by atoms with Gasteiger partial charge < -0.3 is 14.8 Å². The Morgan fingerprint density at radius 3 is 2.60 bits per heavy atom. The monoisotopic (exact) mass is 266 g/mol. The predicted octanol–water partition coefficient (Wildman–Crippen LogP) is 3.07. The van der Waals surface area contributed by atoms with Gasteiger partial charge in [0.2, 0.25) is 0 Å². The molecular weight excluding hydrogens is 254 g/mol. The van der Waals surface area contributed by atoms with Gasteiger partial charge in [-0.25, -0.2) is 0 Å². The van der Waals surface area contributed by atoms with Crippen molar-refractivity contribution in [3.63, 3.8) is 0 Å². The molecule has 1 heterocycles. The Hall–Kier alpha value is -2.75. The van der Waals surface area contributed by atoms with Gasteiger partial charge in [0.15, 0.2) is 0 Å². The van der Waals surface area contributed by atoms with Gasteiger partial charge >= 0.3 is 0 Å². The molecule has 0 radical (unpaired) electrons. The fourth-order valence-corrected chi connectivity index (χ4v) is 2.14.